The zero-order valence-corrected chi connectivity index (χ0v) is 35.7. The van der Waals surface area contributed by atoms with E-state index in [9.17, 15) is 37.9 Å². The van der Waals surface area contributed by atoms with Gasteiger partial charge in [0.2, 0.25) is 0 Å². The van der Waals surface area contributed by atoms with E-state index in [1.807, 2.05) is 36.5 Å². The molecule has 0 aromatic rings. The van der Waals surface area contributed by atoms with Crippen molar-refractivity contribution >= 4 is 22.1 Å². The van der Waals surface area contributed by atoms with Crippen molar-refractivity contribution in [2.75, 3.05) is 19.0 Å². The maximum atomic E-state index is 12.8. The van der Waals surface area contributed by atoms with E-state index in [-0.39, 0.29) is 19.4 Å². The van der Waals surface area contributed by atoms with Gasteiger partial charge in [-0.15, -0.1) is 0 Å². The van der Waals surface area contributed by atoms with Crippen LogP contribution in [0.1, 0.15) is 129 Å². The van der Waals surface area contributed by atoms with E-state index in [2.05, 4.69) is 62.5 Å². The molecule has 0 radical (unpaired) electrons. The highest BCUT2D eigenvalue weighted by Gasteiger charge is 2.46. The number of unbranched alkanes of at least 4 members (excludes halogenated alkanes) is 10. The summed E-state index contributed by atoms with van der Waals surface area (Å²) in [5.41, 5.74) is 0. The lowest BCUT2D eigenvalue weighted by Crippen LogP contribution is -2.60. The maximum Gasteiger partial charge on any atom is 0.306 e. The Kier molecular flexibility index (Phi) is 31.6. The highest BCUT2D eigenvalue weighted by molar-refractivity contribution is 7.85. The van der Waals surface area contributed by atoms with Gasteiger partial charge in [-0.25, -0.2) is 0 Å². The van der Waals surface area contributed by atoms with Crippen LogP contribution in [0.2, 0.25) is 0 Å². The van der Waals surface area contributed by atoms with Gasteiger partial charge < -0.3 is 34.3 Å². The average Bonchev–Trinajstić information content (AvgIpc) is 3.18. The number of carbonyl (C=O) groups excluding carboxylic acids is 2. The summed E-state index contributed by atoms with van der Waals surface area (Å²) in [6, 6.07) is 0. The molecule has 1 fully saturated rings. The highest BCUT2D eigenvalue weighted by atomic mass is 32.2. The molecule has 0 aromatic heterocycles. The van der Waals surface area contributed by atoms with Crippen molar-refractivity contribution in [2.45, 2.75) is 166 Å². The topological polar surface area (TPSA) is 186 Å². The molecule has 0 aliphatic carbocycles. The summed E-state index contributed by atoms with van der Waals surface area (Å²) >= 11 is 0. The first-order chi connectivity index (χ1) is 28.0. The number of hydrogen-bond donors (Lipinski definition) is 4. The Labute approximate surface area is 348 Å². The van der Waals surface area contributed by atoms with E-state index in [0.717, 1.165) is 89.9 Å². The highest BCUT2D eigenvalue weighted by Crippen LogP contribution is 2.24. The molecule has 0 bridgehead atoms. The quantitative estimate of drug-likeness (QED) is 0.0164. The van der Waals surface area contributed by atoms with Crippen molar-refractivity contribution < 1.29 is 56.8 Å². The van der Waals surface area contributed by atoms with Crippen molar-refractivity contribution in [1.29, 1.82) is 0 Å². The van der Waals surface area contributed by atoms with Crippen LogP contribution in [0.15, 0.2) is 85.1 Å². The zero-order valence-electron chi connectivity index (χ0n) is 34.9. The molecule has 1 aliphatic rings. The molecule has 58 heavy (non-hydrogen) atoms. The molecule has 1 aliphatic heterocycles. The van der Waals surface area contributed by atoms with E-state index in [4.69, 9.17) is 18.9 Å². The Morgan fingerprint density at radius 2 is 1.12 bits per heavy atom. The van der Waals surface area contributed by atoms with Gasteiger partial charge in [-0.2, -0.15) is 8.42 Å². The predicted molar refractivity (Wildman–Crippen MR) is 228 cm³/mol. The Balaban J connectivity index is 2.52. The molecular formula is C45H72O12S. The van der Waals surface area contributed by atoms with Crippen LogP contribution >= 0.6 is 0 Å². The molecule has 4 N–H and O–H groups in total. The molecule has 0 aromatic carbocycles. The number of aliphatic hydroxyl groups is 3. The lowest BCUT2D eigenvalue weighted by Gasteiger charge is -2.40. The fourth-order valence-electron chi connectivity index (χ4n) is 5.82. The van der Waals surface area contributed by atoms with E-state index in [1.165, 1.54) is 0 Å². The minimum absolute atomic E-state index is 0.134. The van der Waals surface area contributed by atoms with Gasteiger partial charge in [-0.1, -0.05) is 137 Å². The average molecular weight is 837 g/mol. The van der Waals surface area contributed by atoms with Gasteiger partial charge in [-0.05, 0) is 64.2 Å². The first-order valence-electron chi connectivity index (χ1n) is 21.2. The van der Waals surface area contributed by atoms with Crippen LogP contribution in [0.4, 0.5) is 0 Å². The van der Waals surface area contributed by atoms with E-state index < -0.39 is 71.2 Å². The molecule has 1 saturated heterocycles. The van der Waals surface area contributed by atoms with Crippen molar-refractivity contribution in [3.63, 3.8) is 0 Å². The SMILES string of the molecule is CC/C=C/C=C/C=C/C=C/CCCCCCCC(=O)OC[C@H](CO[C@H]1O[C@H](CS(=O)(=O)O)[C@@H](O)C(O)C1O)OC(=O)CCCCCCC/C=C/C/C=C/C/C=C/CC. The maximum absolute atomic E-state index is 12.8. The van der Waals surface area contributed by atoms with E-state index >= 15 is 0 Å². The molecule has 2 unspecified atom stereocenters. The fraction of sp³-hybridized carbons (Fsp3) is 0.644. The Bertz CT molecular complexity index is 1400. The van der Waals surface area contributed by atoms with Gasteiger partial charge in [0, 0.05) is 12.8 Å². The Morgan fingerprint density at radius 1 is 0.603 bits per heavy atom. The number of ether oxygens (including phenoxy) is 4. The standard InChI is InChI=1S/C45H72O12S/c1-3-5-7-9-11-13-15-17-19-21-23-25-27-29-31-33-40(46)54-35-38(36-55-45-44(50)43(49)42(48)39(57-45)37-58(51,52)53)56-41(47)34-32-30-28-26-24-22-20-18-16-14-12-10-8-6-4-2/h5-9,11-15,17-20,38-39,42-45,48-50H,3-4,10,16,21-37H2,1-2H3,(H,51,52,53)/b7-5+,8-6+,11-9+,14-12+,15-13+,19-17+,20-18+/t38-,39-,42-,43?,44?,45+/m1/s1. The van der Waals surface area contributed by atoms with Crippen LogP contribution in [0.25, 0.3) is 0 Å². The third-order valence-corrected chi connectivity index (χ3v) is 9.81. The molecule has 0 amide bonds. The molecule has 12 nitrogen and oxygen atoms in total. The Morgan fingerprint density at radius 3 is 1.74 bits per heavy atom. The third kappa shape index (κ3) is 29.1. The van der Waals surface area contributed by atoms with Gasteiger partial charge in [0.15, 0.2) is 12.4 Å². The lowest BCUT2D eigenvalue weighted by atomic mass is 10.00. The lowest BCUT2D eigenvalue weighted by molar-refractivity contribution is -0.297. The molecule has 13 heteroatoms. The van der Waals surface area contributed by atoms with Crippen LogP contribution in [0, 0.1) is 0 Å². The number of hydrogen-bond acceptors (Lipinski definition) is 11. The van der Waals surface area contributed by atoms with Crippen LogP contribution in [0.3, 0.4) is 0 Å². The van der Waals surface area contributed by atoms with Gasteiger partial charge in [0.05, 0.1) is 6.61 Å². The first-order valence-corrected chi connectivity index (χ1v) is 22.8. The number of carbonyl (C=O) groups is 2. The minimum atomic E-state index is -4.61. The van der Waals surface area contributed by atoms with Crippen molar-refractivity contribution in [1.82, 2.24) is 0 Å². The monoisotopic (exact) mass is 836 g/mol. The van der Waals surface area contributed by atoms with E-state index in [0.29, 0.717) is 12.8 Å². The van der Waals surface area contributed by atoms with Gasteiger partial charge in [0.1, 0.15) is 36.8 Å². The Hall–Kier alpha value is -3.17. The molecule has 0 spiro atoms. The summed E-state index contributed by atoms with van der Waals surface area (Å²) in [6.07, 6.45) is 34.8. The normalized spacial score (nSPS) is 21.2. The first kappa shape index (κ1) is 52.8. The van der Waals surface area contributed by atoms with Crippen molar-refractivity contribution in [3.05, 3.63) is 85.1 Å². The molecule has 330 valence electrons. The second-order valence-corrected chi connectivity index (χ2v) is 15.8. The summed E-state index contributed by atoms with van der Waals surface area (Å²) in [5.74, 6) is -2.05. The second-order valence-electron chi connectivity index (χ2n) is 14.3. The summed E-state index contributed by atoms with van der Waals surface area (Å²) < 4.78 is 53.9. The predicted octanol–water partition coefficient (Wildman–Crippen LogP) is 8.11. The number of aliphatic hydroxyl groups excluding tert-OH is 3. The molecule has 1 heterocycles. The minimum Gasteiger partial charge on any atom is -0.462 e. The molecule has 1 rings (SSSR count). The van der Waals surface area contributed by atoms with Gasteiger partial charge in [-0.3, -0.25) is 14.1 Å². The number of esters is 2. The van der Waals surface area contributed by atoms with Crippen LogP contribution < -0.4 is 0 Å². The molecule has 6 atom stereocenters. The number of allylic oxidation sites excluding steroid dienone is 14. The van der Waals surface area contributed by atoms with Crippen LogP contribution in [0.5, 0.6) is 0 Å². The summed E-state index contributed by atoms with van der Waals surface area (Å²) in [4.78, 5) is 25.3. The summed E-state index contributed by atoms with van der Waals surface area (Å²) in [6.45, 7) is 3.45. The third-order valence-electron chi connectivity index (χ3n) is 9.06. The smallest absolute Gasteiger partial charge is 0.306 e. The van der Waals surface area contributed by atoms with Crippen molar-refractivity contribution in [3.8, 4) is 0 Å². The largest absolute Gasteiger partial charge is 0.462 e. The van der Waals surface area contributed by atoms with Crippen LogP contribution in [-0.4, -0.2) is 96.0 Å². The fourth-order valence-corrected chi connectivity index (χ4v) is 6.51. The van der Waals surface area contributed by atoms with Crippen LogP contribution in [-0.2, 0) is 38.7 Å². The number of rotatable bonds is 33. The van der Waals surface area contributed by atoms with E-state index in [1.54, 1.807) is 0 Å². The second kappa shape index (κ2) is 34.7. The summed E-state index contributed by atoms with van der Waals surface area (Å²) in [7, 11) is -4.61. The summed E-state index contributed by atoms with van der Waals surface area (Å²) in [5, 5.41) is 30.8. The molecule has 0 saturated carbocycles. The van der Waals surface area contributed by atoms with Gasteiger partial charge >= 0.3 is 11.9 Å². The molecular weight excluding hydrogens is 765 g/mol. The zero-order chi connectivity index (χ0) is 42.7. The van der Waals surface area contributed by atoms with Crippen molar-refractivity contribution in [2.24, 2.45) is 0 Å². The van der Waals surface area contributed by atoms with Gasteiger partial charge in [0.25, 0.3) is 10.1 Å².